The van der Waals surface area contributed by atoms with Crippen molar-refractivity contribution in [2.24, 2.45) is 5.92 Å². The maximum absolute atomic E-state index is 13.9. The lowest BCUT2D eigenvalue weighted by Gasteiger charge is -2.44. The molecule has 3 aliphatic heterocycles. The van der Waals surface area contributed by atoms with Crippen LogP contribution in [0, 0.1) is 5.92 Å². The van der Waals surface area contributed by atoms with Crippen LogP contribution in [0.15, 0.2) is 23.8 Å². The molecule has 0 unspecified atom stereocenters. The molecular weight excluding hydrogens is 356 g/mol. The minimum absolute atomic E-state index is 0.0548. The molecule has 3 fully saturated rings. The summed E-state index contributed by atoms with van der Waals surface area (Å²) in [7, 11) is 3.57. The van der Waals surface area contributed by atoms with E-state index in [1.807, 2.05) is 19.1 Å². The molecule has 4 aliphatic rings. The Morgan fingerprint density at radius 1 is 1.36 bits per heavy atom. The van der Waals surface area contributed by atoms with E-state index in [-0.39, 0.29) is 29.4 Å². The highest BCUT2D eigenvalue weighted by atomic mass is 16.5. The summed E-state index contributed by atoms with van der Waals surface area (Å²) in [5.41, 5.74) is 1.26. The molecule has 5 rings (SSSR count). The molecule has 6 heteroatoms. The number of phenolic OH excluding ortho intramolecular Hbond substituents is 1. The van der Waals surface area contributed by atoms with Gasteiger partial charge in [0.15, 0.2) is 17.3 Å². The van der Waals surface area contributed by atoms with Crippen LogP contribution in [0.2, 0.25) is 0 Å². The number of carbonyl (C=O) groups excluding carboxylic acids is 2. The smallest absolute Gasteiger partial charge is 0.224 e. The Bertz CT molecular complexity index is 878. The van der Waals surface area contributed by atoms with Crippen molar-refractivity contribution in [3.8, 4) is 11.5 Å². The number of nitrogens with zero attached hydrogens (tertiary/aromatic N) is 2. The number of phenols is 1. The summed E-state index contributed by atoms with van der Waals surface area (Å²) in [5, 5.41) is 10.9. The normalized spacial score (nSPS) is 31.2. The van der Waals surface area contributed by atoms with E-state index in [2.05, 4.69) is 11.9 Å². The molecule has 3 heterocycles. The quantitative estimate of drug-likeness (QED) is 0.754. The largest absolute Gasteiger partial charge is 0.503 e. The van der Waals surface area contributed by atoms with E-state index in [9.17, 15) is 14.7 Å². The van der Waals surface area contributed by atoms with E-state index in [1.54, 1.807) is 11.0 Å². The van der Waals surface area contributed by atoms with Crippen LogP contribution in [0.25, 0.3) is 0 Å². The van der Waals surface area contributed by atoms with Crippen molar-refractivity contribution in [3.63, 3.8) is 0 Å². The van der Waals surface area contributed by atoms with Crippen LogP contribution in [-0.4, -0.2) is 55.0 Å². The lowest BCUT2D eigenvalue weighted by molar-refractivity contribution is -0.124. The van der Waals surface area contributed by atoms with Gasteiger partial charge in [-0.2, -0.15) is 0 Å². The van der Waals surface area contributed by atoms with Gasteiger partial charge in [-0.1, -0.05) is 12.1 Å². The summed E-state index contributed by atoms with van der Waals surface area (Å²) in [6, 6.07) is 3.30. The Morgan fingerprint density at radius 3 is 2.75 bits per heavy atom. The van der Waals surface area contributed by atoms with E-state index in [0.717, 1.165) is 37.1 Å². The predicted molar refractivity (Wildman–Crippen MR) is 107 cm³/mol. The number of amides is 1. The second-order valence-electron chi connectivity index (χ2n) is 8.24. The predicted octanol–water partition coefficient (Wildman–Crippen LogP) is 2.63. The molecule has 1 saturated carbocycles. The molecule has 1 N–H and O–H groups in total. The molecular formula is C22H28N2O4. The van der Waals surface area contributed by atoms with Gasteiger partial charge in [-0.25, -0.2) is 0 Å². The number of hydrogen-bond acceptors (Lipinski definition) is 5. The monoisotopic (exact) mass is 384 g/mol. The first kappa shape index (κ1) is 19.0. The Morgan fingerprint density at radius 2 is 2.11 bits per heavy atom. The average Bonchev–Trinajstić information content (AvgIpc) is 3.00. The molecule has 1 aliphatic carbocycles. The van der Waals surface area contributed by atoms with Crippen LogP contribution in [0.3, 0.4) is 0 Å². The van der Waals surface area contributed by atoms with Gasteiger partial charge in [0.05, 0.1) is 24.3 Å². The van der Waals surface area contributed by atoms with E-state index in [0.29, 0.717) is 17.9 Å². The van der Waals surface area contributed by atoms with Gasteiger partial charge in [0, 0.05) is 6.92 Å². The van der Waals surface area contributed by atoms with Crippen LogP contribution in [-0.2, 0) is 15.0 Å². The van der Waals surface area contributed by atoms with E-state index in [4.69, 9.17) is 4.74 Å². The van der Waals surface area contributed by atoms with Crippen LogP contribution in [0.1, 0.15) is 38.7 Å². The molecule has 2 bridgehead atoms. The van der Waals surface area contributed by atoms with Crippen LogP contribution < -0.4 is 9.64 Å². The Labute approximate surface area is 165 Å². The van der Waals surface area contributed by atoms with Gasteiger partial charge in [0.2, 0.25) is 5.91 Å². The lowest BCUT2D eigenvalue weighted by Crippen LogP contribution is -2.56. The summed E-state index contributed by atoms with van der Waals surface area (Å²) in [6.45, 7) is 5.14. The van der Waals surface area contributed by atoms with E-state index < -0.39 is 5.41 Å². The second-order valence-corrected chi connectivity index (χ2v) is 8.24. The molecule has 3 atom stereocenters. The number of hydrogen-bond donors (Lipinski definition) is 1. The first-order valence-electron chi connectivity index (χ1n) is 9.96. The first-order chi connectivity index (χ1) is 13.4. The molecule has 28 heavy (non-hydrogen) atoms. The molecule has 1 spiro atoms. The number of methoxy groups -OCH3 is 1. The van der Waals surface area contributed by atoms with Gasteiger partial charge in [-0.15, -0.1) is 0 Å². The average molecular weight is 384 g/mol. The lowest BCUT2D eigenvalue weighted by atomic mass is 9.60. The second kappa shape index (κ2) is 6.62. The topological polar surface area (TPSA) is 70.1 Å². The van der Waals surface area contributed by atoms with Gasteiger partial charge >= 0.3 is 0 Å². The number of aromatic hydroxyl groups is 1. The van der Waals surface area contributed by atoms with Crippen LogP contribution in [0.4, 0.5) is 5.69 Å². The van der Waals surface area contributed by atoms with Gasteiger partial charge in [-0.3, -0.25) is 9.59 Å². The zero-order valence-corrected chi connectivity index (χ0v) is 17.0. The third-order valence-electron chi connectivity index (χ3n) is 6.95. The number of ketones is 1. The van der Waals surface area contributed by atoms with Crippen molar-refractivity contribution in [3.05, 3.63) is 29.3 Å². The Balaban J connectivity index is 2.02. The molecule has 0 radical (unpaired) electrons. The summed E-state index contributed by atoms with van der Waals surface area (Å²) in [4.78, 5) is 30.6. The summed E-state index contributed by atoms with van der Waals surface area (Å²) >= 11 is 0. The van der Waals surface area contributed by atoms with E-state index >= 15 is 0 Å². The molecule has 1 aromatic carbocycles. The zero-order valence-electron chi connectivity index (χ0n) is 17.0. The van der Waals surface area contributed by atoms with E-state index in [1.165, 1.54) is 14.0 Å². The van der Waals surface area contributed by atoms with Crippen LogP contribution in [0.5, 0.6) is 11.5 Å². The third-order valence-corrected chi connectivity index (χ3v) is 6.95. The molecule has 6 nitrogen and oxygen atoms in total. The maximum atomic E-state index is 13.9. The first-order valence-corrected chi connectivity index (χ1v) is 9.96. The van der Waals surface area contributed by atoms with Crippen molar-refractivity contribution in [1.82, 2.24) is 4.90 Å². The Hall–Kier alpha value is -2.34. The van der Waals surface area contributed by atoms with Crippen LogP contribution >= 0.6 is 0 Å². The molecule has 2 saturated heterocycles. The minimum Gasteiger partial charge on any atom is -0.503 e. The molecule has 1 amide bonds. The summed E-state index contributed by atoms with van der Waals surface area (Å²) in [5.74, 6) is 0.344. The minimum atomic E-state index is -0.818. The number of anilines is 1. The van der Waals surface area contributed by atoms with Crippen molar-refractivity contribution in [1.29, 1.82) is 0 Å². The molecule has 0 aromatic heterocycles. The highest BCUT2D eigenvalue weighted by Gasteiger charge is 2.61. The van der Waals surface area contributed by atoms with Crippen molar-refractivity contribution >= 4 is 17.4 Å². The van der Waals surface area contributed by atoms with Crippen molar-refractivity contribution < 1.29 is 19.4 Å². The number of benzene rings is 1. The SMILES string of the molecule is CC=C1C(=O)[C@@]23CCN(C)CC[C@@H]1C[C@H]2N(C(C)=O)c1c3ccc(OC)c1O. The summed E-state index contributed by atoms with van der Waals surface area (Å²) < 4.78 is 5.29. The fourth-order valence-corrected chi connectivity index (χ4v) is 5.59. The number of ether oxygens (including phenoxy) is 1. The van der Waals surface area contributed by atoms with Gasteiger partial charge in [0.25, 0.3) is 0 Å². The fraction of sp³-hybridized carbons (Fsp3) is 0.545. The number of rotatable bonds is 1. The zero-order chi connectivity index (χ0) is 20.2. The van der Waals surface area contributed by atoms with Crippen molar-refractivity contribution in [2.75, 3.05) is 32.1 Å². The fourth-order valence-electron chi connectivity index (χ4n) is 5.59. The third kappa shape index (κ3) is 2.37. The van der Waals surface area contributed by atoms with Gasteiger partial charge in [-0.05, 0) is 69.4 Å². The highest BCUT2D eigenvalue weighted by Crippen LogP contribution is 2.59. The van der Waals surface area contributed by atoms with Crippen molar-refractivity contribution in [2.45, 2.75) is 44.6 Å². The van der Waals surface area contributed by atoms with Gasteiger partial charge in [0.1, 0.15) is 0 Å². The number of fused-ring (bicyclic) bond motifs is 6. The number of carbonyl (C=O) groups is 2. The summed E-state index contributed by atoms with van der Waals surface area (Å²) in [6.07, 6.45) is 4.20. The molecule has 150 valence electrons. The Kier molecular flexibility index (Phi) is 4.49. The number of Topliss-reactive ketones (excluding diaryl/α,β-unsaturated/α-hetero) is 1. The molecule has 1 aromatic rings. The standard InChI is InChI=1S/C22H28N2O4/c1-5-15-14-8-10-23(3)11-9-22(21(15)27)16-6-7-17(28-4)20(26)19(16)24(13(2)25)18(22)12-14/h5-7,14,18,26H,8-12H2,1-4H3/t14-,18-,22-/m1/s1. The number of allylic oxidation sites excluding steroid dienone is 2. The highest BCUT2D eigenvalue weighted by molar-refractivity contribution is 6.12. The van der Waals surface area contributed by atoms with Gasteiger partial charge < -0.3 is 19.6 Å². The maximum Gasteiger partial charge on any atom is 0.224 e.